The van der Waals surface area contributed by atoms with Crippen molar-refractivity contribution in [2.24, 2.45) is 0 Å². The lowest BCUT2D eigenvalue weighted by Gasteiger charge is -2.20. The number of rotatable bonds is 7. The fourth-order valence-electron chi connectivity index (χ4n) is 1.81. The fourth-order valence-corrected chi connectivity index (χ4v) is 1.81. The molecular weight excluding hydrogens is 240 g/mol. The van der Waals surface area contributed by atoms with Gasteiger partial charge in [-0.3, -0.25) is 0 Å². The fraction of sp³-hybridized carbons (Fsp3) is 0.625. The minimum Gasteiger partial charge on any atom is -0.388 e. The van der Waals surface area contributed by atoms with Gasteiger partial charge in [0, 0.05) is 20.1 Å². The van der Waals surface area contributed by atoms with Gasteiger partial charge in [0.15, 0.2) is 0 Å². The number of aliphatic hydroxyl groups excluding tert-OH is 1. The van der Waals surface area contributed by atoms with E-state index in [0.29, 0.717) is 26.2 Å². The highest BCUT2D eigenvalue weighted by Gasteiger charge is 2.14. The smallest absolute Gasteiger partial charge is 0.0812 e. The molecule has 0 aliphatic carbocycles. The zero-order chi connectivity index (χ0) is 14.3. The highest BCUT2D eigenvalue weighted by atomic mass is 16.5. The molecule has 1 atom stereocenters. The average molecular weight is 266 g/mol. The van der Waals surface area contributed by atoms with E-state index < -0.39 is 6.10 Å². The van der Waals surface area contributed by atoms with Crippen molar-refractivity contribution in [2.45, 2.75) is 38.7 Å². The first kappa shape index (κ1) is 16.2. The molecule has 3 heteroatoms. The first-order valence-electron chi connectivity index (χ1n) is 6.80. The lowest BCUT2D eigenvalue weighted by atomic mass is 9.86. The summed E-state index contributed by atoms with van der Waals surface area (Å²) in [6.45, 7) is 8.26. The van der Waals surface area contributed by atoms with Gasteiger partial charge in [0.1, 0.15) is 0 Å². The molecule has 0 aliphatic rings. The van der Waals surface area contributed by atoms with Gasteiger partial charge in [-0.1, -0.05) is 45.0 Å². The van der Waals surface area contributed by atoms with Gasteiger partial charge in [-0.2, -0.15) is 0 Å². The molecule has 0 heterocycles. The molecule has 0 amide bonds. The molecule has 1 aromatic carbocycles. The maximum absolute atomic E-state index is 10.1. The molecule has 0 aliphatic heterocycles. The number of hydrogen-bond donors (Lipinski definition) is 1. The minimum atomic E-state index is -0.462. The molecule has 108 valence electrons. The lowest BCUT2D eigenvalue weighted by molar-refractivity contribution is 0.0475. The maximum atomic E-state index is 10.1. The van der Waals surface area contributed by atoms with Gasteiger partial charge in [0.2, 0.25) is 0 Å². The van der Waals surface area contributed by atoms with Gasteiger partial charge >= 0.3 is 0 Å². The van der Waals surface area contributed by atoms with Crippen LogP contribution in [-0.2, 0) is 14.9 Å². The summed E-state index contributed by atoms with van der Waals surface area (Å²) in [6, 6.07) is 8.18. The zero-order valence-corrected chi connectivity index (χ0v) is 12.5. The van der Waals surface area contributed by atoms with Crippen molar-refractivity contribution in [3.8, 4) is 0 Å². The molecule has 0 spiro atoms. The molecule has 0 bridgehead atoms. The van der Waals surface area contributed by atoms with Crippen LogP contribution < -0.4 is 0 Å². The molecule has 19 heavy (non-hydrogen) atoms. The maximum Gasteiger partial charge on any atom is 0.0812 e. The van der Waals surface area contributed by atoms with Gasteiger partial charge in [0.25, 0.3) is 0 Å². The third-order valence-electron chi connectivity index (χ3n) is 3.13. The van der Waals surface area contributed by atoms with Crippen molar-refractivity contribution in [2.75, 3.05) is 26.9 Å². The van der Waals surface area contributed by atoms with Gasteiger partial charge in [-0.05, 0) is 16.5 Å². The third kappa shape index (κ3) is 5.72. The topological polar surface area (TPSA) is 38.7 Å². The van der Waals surface area contributed by atoms with Crippen LogP contribution in [0.4, 0.5) is 0 Å². The van der Waals surface area contributed by atoms with Crippen molar-refractivity contribution in [1.29, 1.82) is 0 Å². The third-order valence-corrected chi connectivity index (χ3v) is 3.13. The molecule has 0 saturated carbocycles. The van der Waals surface area contributed by atoms with Crippen LogP contribution in [0.1, 0.15) is 44.4 Å². The Bertz CT molecular complexity index is 351. The molecule has 0 fully saturated rings. The Kier molecular flexibility index (Phi) is 6.49. The van der Waals surface area contributed by atoms with Crippen LogP contribution in [-0.4, -0.2) is 32.0 Å². The summed E-state index contributed by atoms with van der Waals surface area (Å²) in [7, 11) is 1.65. The highest BCUT2D eigenvalue weighted by Crippen LogP contribution is 2.24. The van der Waals surface area contributed by atoms with E-state index in [4.69, 9.17) is 9.47 Å². The van der Waals surface area contributed by atoms with E-state index in [1.165, 1.54) is 5.56 Å². The van der Waals surface area contributed by atoms with E-state index in [9.17, 15) is 5.11 Å². The summed E-state index contributed by atoms with van der Waals surface area (Å²) in [5.41, 5.74) is 2.37. The number of methoxy groups -OCH3 is 1. The molecule has 1 N–H and O–H groups in total. The second kappa shape index (κ2) is 7.63. The van der Waals surface area contributed by atoms with E-state index in [0.717, 1.165) is 5.56 Å². The van der Waals surface area contributed by atoms with Crippen molar-refractivity contribution in [3.63, 3.8) is 0 Å². The Morgan fingerprint density at radius 1 is 1.05 bits per heavy atom. The van der Waals surface area contributed by atoms with E-state index in [2.05, 4.69) is 32.9 Å². The molecular formula is C16H26O3. The summed E-state index contributed by atoms with van der Waals surface area (Å²) >= 11 is 0. The van der Waals surface area contributed by atoms with Crippen LogP contribution in [0.25, 0.3) is 0 Å². The summed E-state index contributed by atoms with van der Waals surface area (Å²) in [5.74, 6) is 0. The normalized spacial score (nSPS) is 13.5. The van der Waals surface area contributed by atoms with Gasteiger partial charge in [-0.25, -0.2) is 0 Å². The predicted octanol–water partition coefficient (Wildman–Crippen LogP) is 3.07. The van der Waals surface area contributed by atoms with Crippen LogP contribution in [0.15, 0.2) is 24.3 Å². The highest BCUT2D eigenvalue weighted by molar-refractivity contribution is 5.28. The van der Waals surface area contributed by atoms with Gasteiger partial charge in [0.05, 0.1) is 19.3 Å². The second-order valence-corrected chi connectivity index (χ2v) is 5.78. The first-order valence-corrected chi connectivity index (χ1v) is 6.80. The van der Waals surface area contributed by atoms with E-state index in [-0.39, 0.29) is 5.41 Å². The van der Waals surface area contributed by atoms with E-state index in [1.807, 2.05) is 12.1 Å². The monoisotopic (exact) mass is 266 g/mol. The van der Waals surface area contributed by atoms with Gasteiger partial charge < -0.3 is 14.6 Å². The minimum absolute atomic E-state index is 0.146. The summed E-state index contributed by atoms with van der Waals surface area (Å²) in [6.07, 6.45) is 0.148. The molecule has 0 aromatic heterocycles. The number of hydrogen-bond acceptors (Lipinski definition) is 3. The number of aliphatic hydroxyl groups is 1. The summed E-state index contributed by atoms with van der Waals surface area (Å²) in [4.78, 5) is 0. The van der Waals surface area contributed by atoms with Crippen molar-refractivity contribution in [1.82, 2.24) is 0 Å². The Morgan fingerprint density at radius 3 is 2.21 bits per heavy atom. The Morgan fingerprint density at radius 2 is 1.68 bits per heavy atom. The van der Waals surface area contributed by atoms with E-state index >= 15 is 0 Å². The lowest BCUT2D eigenvalue weighted by Crippen LogP contribution is -2.11. The quantitative estimate of drug-likeness (QED) is 0.771. The number of ether oxygens (including phenoxy) is 2. The first-order chi connectivity index (χ1) is 8.95. The molecule has 0 saturated heterocycles. The molecule has 1 rings (SSSR count). The van der Waals surface area contributed by atoms with Crippen molar-refractivity contribution < 1.29 is 14.6 Å². The summed E-state index contributed by atoms with van der Waals surface area (Å²) < 4.78 is 10.3. The standard InChI is InChI=1S/C16H26O3/c1-16(2,3)14-7-5-13(6-8-14)15(17)9-10-19-12-11-18-4/h5-8,15,17H,9-12H2,1-4H3. The molecule has 0 radical (unpaired) electrons. The largest absolute Gasteiger partial charge is 0.388 e. The van der Waals surface area contributed by atoms with Crippen LogP contribution >= 0.6 is 0 Å². The van der Waals surface area contributed by atoms with Crippen molar-refractivity contribution in [3.05, 3.63) is 35.4 Å². The number of benzene rings is 1. The van der Waals surface area contributed by atoms with Crippen LogP contribution in [0.3, 0.4) is 0 Å². The van der Waals surface area contributed by atoms with Crippen LogP contribution in [0.5, 0.6) is 0 Å². The molecule has 1 unspecified atom stereocenters. The zero-order valence-electron chi connectivity index (χ0n) is 12.5. The van der Waals surface area contributed by atoms with Crippen LogP contribution in [0.2, 0.25) is 0 Å². The Hall–Kier alpha value is -0.900. The Labute approximate surface area is 116 Å². The van der Waals surface area contributed by atoms with E-state index in [1.54, 1.807) is 7.11 Å². The van der Waals surface area contributed by atoms with Crippen molar-refractivity contribution >= 4 is 0 Å². The van der Waals surface area contributed by atoms with Gasteiger partial charge in [-0.15, -0.1) is 0 Å². The predicted molar refractivity (Wildman–Crippen MR) is 77.4 cm³/mol. The summed E-state index contributed by atoms with van der Waals surface area (Å²) in [5, 5.41) is 10.1. The second-order valence-electron chi connectivity index (χ2n) is 5.78. The Balaban J connectivity index is 2.42. The van der Waals surface area contributed by atoms with Crippen LogP contribution in [0, 0.1) is 0 Å². The molecule has 3 nitrogen and oxygen atoms in total. The average Bonchev–Trinajstić information content (AvgIpc) is 2.37. The SMILES string of the molecule is COCCOCCC(O)c1ccc(C(C)(C)C)cc1. The molecule has 1 aromatic rings.